The Morgan fingerprint density at radius 2 is 1.71 bits per heavy atom. The van der Waals surface area contributed by atoms with Gasteiger partial charge in [-0.3, -0.25) is 4.79 Å². The van der Waals surface area contributed by atoms with Crippen LogP contribution in [0.2, 0.25) is 0 Å². The lowest BCUT2D eigenvalue weighted by molar-refractivity contribution is -0.114. The maximum absolute atomic E-state index is 13.3. The Labute approximate surface area is 127 Å². The predicted molar refractivity (Wildman–Crippen MR) is 77.6 cm³/mol. The van der Waals surface area contributed by atoms with E-state index in [0.29, 0.717) is 5.69 Å². The molecule has 2 rings (SSSR count). The summed E-state index contributed by atoms with van der Waals surface area (Å²) in [6.45, 7) is -0.216. The molecule has 21 heavy (non-hydrogen) atoms. The van der Waals surface area contributed by atoms with Crippen LogP contribution in [0.3, 0.4) is 0 Å². The summed E-state index contributed by atoms with van der Waals surface area (Å²) in [5.74, 6) is -2.77. The van der Waals surface area contributed by atoms with E-state index in [0.717, 1.165) is 12.1 Å². The summed E-state index contributed by atoms with van der Waals surface area (Å²) in [5, 5.41) is 4.86. The Balaban J connectivity index is 1.97. The summed E-state index contributed by atoms with van der Waals surface area (Å²) in [5.41, 5.74) is -0.00276. The SMILES string of the molecule is O=C(CNc1ccc(F)c(Br)c1)Nc1c(F)cccc1F. The van der Waals surface area contributed by atoms with Crippen molar-refractivity contribution in [3.8, 4) is 0 Å². The van der Waals surface area contributed by atoms with Gasteiger partial charge in [-0.1, -0.05) is 6.07 Å². The largest absolute Gasteiger partial charge is 0.376 e. The van der Waals surface area contributed by atoms with Gasteiger partial charge in [0, 0.05) is 5.69 Å². The summed E-state index contributed by atoms with van der Waals surface area (Å²) in [6, 6.07) is 7.41. The Hall–Kier alpha value is -2.02. The van der Waals surface area contributed by atoms with Crippen molar-refractivity contribution in [1.82, 2.24) is 0 Å². The molecule has 2 aromatic carbocycles. The fraction of sp³-hybridized carbons (Fsp3) is 0.0714. The first-order chi connectivity index (χ1) is 9.97. The van der Waals surface area contributed by atoms with E-state index in [1.165, 1.54) is 24.3 Å². The summed E-state index contributed by atoms with van der Waals surface area (Å²) < 4.78 is 40.0. The zero-order chi connectivity index (χ0) is 15.4. The van der Waals surface area contributed by atoms with Crippen LogP contribution in [-0.4, -0.2) is 12.5 Å². The summed E-state index contributed by atoms with van der Waals surface area (Å²) in [7, 11) is 0. The molecule has 0 unspecified atom stereocenters. The van der Waals surface area contributed by atoms with Gasteiger partial charge in [0.1, 0.15) is 23.1 Å². The molecule has 1 amide bonds. The molecule has 0 aliphatic heterocycles. The Bertz CT molecular complexity index is 659. The smallest absolute Gasteiger partial charge is 0.243 e. The van der Waals surface area contributed by atoms with Crippen LogP contribution in [0.1, 0.15) is 0 Å². The van der Waals surface area contributed by atoms with Crippen molar-refractivity contribution in [2.24, 2.45) is 0 Å². The maximum Gasteiger partial charge on any atom is 0.243 e. The molecule has 0 aliphatic carbocycles. The topological polar surface area (TPSA) is 41.1 Å². The Morgan fingerprint density at radius 1 is 1.05 bits per heavy atom. The molecule has 0 fully saturated rings. The number of halogens is 4. The van der Waals surface area contributed by atoms with E-state index in [4.69, 9.17) is 0 Å². The molecule has 0 aromatic heterocycles. The van der Waals surface area contributed by atoms with Gasteiger partial charge in [0.15, 0.2) is 0 Å². The lowest BCUT2D eigenvalue weighted by Gasteiger charge is -2.09. The van der Waals surface area contributed by atoms with Gasteiger partial charge < -0.3 is 10.6 Å². The fourth-order valence-electron chi connectivity index (χ4n) is 1.59. The molecule has 7 heteroatoms. The van der Waals surface area contributed by atoms with Gasteiger partial charge >= 0.3 is 0 Å². The van der Waals surface area contributed by atoms with Crippen LogP contribution in [0.15, 0.2) is 40.9 Å². The first-order valence-corrected chi connectivity index (χ1v) is 6.69. The minimum Gasteiger partial charge on any atom is -0.376 e. The molecule has 0 saturated carbocycles. The second-order valence-corrected chi connectivity index (χ2v) is 4.98. The van der Waals surface area contributed by atoms with Crippen LogP contribution < -0.4 is 10.6 Å². The first-order valence-electron chi connectivity index (χ1n) is 5.90. The number of amides is 1. The van der Waals surface area contributed by atoms with Gasteiger partial charge in [0.05, 0.1) is 11.0 Å². The summed E-state index contributed by atoms with van der Waals surface area (Å²) >= 11 is 3.01. The number of nitrogens with one attached hydrogen (secondary N) is 2. The second-order valence-electron chi connectivity index (χ2n) is 4.13. The van der Waals surface area contributed by atoms with E-state index >= 15 is 0 Å². The molecule has 0 aliphatic rings. The van der Waals surface area contributed by atoms with Crippen LogP contribution in [-0.2, 0) is 4.79 Å². The van der Waals surface area contributed by atoms with Crippen LogP contribution in [0.5, 0.6) is 0 Å². The van der Waals surface area contributed by atoms with Crippen molar-refractivity contribution in [3.05, 3.63) is 58.3 Å². The number of carbonyl (C=O) groups excluding carboxylic acids is 1. The third kappa shape index (κ3) is 3.98. The second kappa shape index (κ2) is 6.62. The van der Waals surface area contributed by atoms with Crippen LogP contribution in [0.25, 0.3) is 0 Å². The lowest BCUT2D eigenvalue weighted by Crippen LogP contribution is -2.23. The number of hydrogen-bond donors (Lipinski definition) is 2. The Kier molecular flexibility index (Phi) is 4.85. The van der Waals surface area contributed by atoms with Crippen molar-refractivity contribution >= 4 is 33.2 Å². The molecule has 2 N–H and O–H groups in total. The number of anilines is 2. The fourth-order valence-corrected chi connectivity index (χ4v) is 1.97. The van der Waals surface area contributed by atoms with E-state index < -0.39 is 29.0 Å². The minimum atomic E-state index is -0.854. The number of rotatable bonds is 4. The zero-order valence-corrected chi connectivity index (χ0v) is 12.2. The van der Waals surface area contributed by atoms with Crippen molar-refractivity contribution in [2.75, 3.05) is 17.2 Å². The molecule has 110 valence electrons. The van der Waals surface area contributed by atoms with Gasteiger partial charge in [-0.2, -0.15) is 0 Å². The van der Waals surface area contributed by atoms with E-state index in [9.17, 15) is 18.0 Å². The van der Waals surface area contributed by atoms with Crippen molar-refractivity contribution in [3.63, 3.8) is 0 Å². The van der Waals surface area contributed by atoms with Gasteiger partial charge in [-0.15, -0.1) is 0 Å². The number of hydrogen-bond acceptors (Lipinski definition) is 2. The normalized spacial score (nSPS) is 10.3. The van der Waals surface area contributed by atoms with Gasteiger partial charge in [-0.25, -0.2) is 13.2 Å². The van der Waals surface area contributed by atoms with Crippen molar-refractivity contribution in [2.45, 2.75) is 0 Å². The average Bonchev–Trinajstić information content (AvgIpc) is 2.44. The number of benzene rings is 2. The van der Waals surface area contributed by atoms with E-state index in [1.54, 1.807) is 0 Å². The monoisotopic (exact) mass is 358 g/mol. The van der Waals surface area contributed by atoms with E-state index in [-0.39, 0.29) is 11.0 Å². The molecule has 0 spiro atoms. The molecule has 0 bridgehead atoms. The third-order valence-electron chi connectivity index (χ3n) is 2.60. The molecule has 0 saturated heterocycles. The van der Waals surface area contributed by atoms with Crippen LogP contribution in [0, 0.1) is 17.5 Å². The molecular weight excluding hydrogens is 349 g/mol. The van der Waals surface area contributed by atoms with Crippen LogP contribution >= 0.6 is 15.9 Å². The highest BCUT2D eigenvalue weighted by Gasteiger charge is 2.11. The molecule has 3 nitrogen and oxygen atoms in total. The molecule has 0 radical (unpaired) electrons. The highest BCUT2D eigenvalue weighted by molar-refractivity contribution is 9.10. The number of para-hydroxylation sites is 1. The maximum atomic E-state index is 13.3. The first kappa shape index (κ1) is 15.4. The Morgan fingerprint density at radius 3 is 2.33 bits per heavy atom. The highest BCUT2D eigenvalue weighted by atomic mass is 79.9. The number of carbonyl (C=O) groups is 1. The van der Waals surface area contributed by atoms with Gasteiger partial charge in [0.25, 0.3) is 0 Å². The molecule has 0 heterocycles. The van der Waals surface area contributed by atoms with E-state index in [2.05, 4.69) is 26.6 Å². The third-order valence-corrected chi connectivity index (χ3v) is 3.21. The molecule has 0 atom stereocenters. The van der Waals surface area contributed by atoms with Crippen molar-refractivity contribution < 1.29 is 18.0 Å². The summed E-state index contributed by atoms with van der Waals surface area (Å²) in [6.07, 6.45) is 0. The molecular formula is C14H10BrF3N2O. The molecule has 2 aromatic rings. The van der Waals surface area contributed by atoms with Gasteiger partial charge in [0.2, 0.25) is 5.91 Å². The zero-order valence-electron chi connectivity index (χ0n) is 10.6. The van der Waals surface area contributed by atoms with E-state index in [1.807, 2.05) is 0 Å². The highest BCUT2D eigenvalue weighted by Crippen LogP contribution is 2.20. The summed E-state index contributed by atoms with van der Waals surface area (Å²) in [4.78, 5) is 11.6. The standard InChI is InChI=1S/C14H10BrF3N2O/c15-9-6-8(4-5-10(9)16)19-7-13(21)20-14-11(17)2-1-3-12(14)18/h1-6,19H,7H2,(H,20,21). The minimum absolute atomic E-state index is 0.216. The predicted octanol–water partition coefficient (Wildman–Crippen LogP) is 3.92. The van der Waals surface area contributed by atoms with Crippen LogP contribution in [0.4, 0.5) is 24.5 Å². The quantitative estimate of drug-likeness (QED) is 0.869. The van der Waals surface area contributed by atoms with Gasteiger partial charge in [-0.05, 0) is 46.3 Å². The van der Waals surface area contributed by atoms with Crippen molar-refractivity contribution in [1.29, 1.82) is 0 Å². The average molecular weight is 359 g/mol. The lowest BCUT2D eigenvalue weighted by atomic mass is 10.3.